The van der Waals surface area contributed by atoms with Crippen molar-refractivity contribution < 1.29 is 18.8 Å². The van der Waals surface area contributed by atoms with Gasteiger partial charge >= 0.3 is 0 Å². The van der Waals surface area contributed by atoms with E-state index in [1.807, 2.05) is 13.8 Å². The fourth-order valence-corrected chi connectivity index (χ4v) is 2.10. The SMILES string of the molecule is COc1ccc(F)cc1C(=O)Cn1ccc(=O)c(C=NOC(C)C)c1. The molecule has 0 amide bonds. The molecule has 0 aliphatic rings. The third-order valence-corrected chi connectivity index (χ3v) is 3.26. The van der Waals surface area contributed by atoms with E-state index in [4.69, 9.17) is 9.57 Å². The number of halogens is 1. The van der Waals surface area contributed by atoms with E-state index in [0.29, 0.717) is 5.75 Å². The molecule has 0 atom stereocenters. The number of nitrogens with zero attached hydrogens (tertiary/aromatic N) is 2. The summed E-state index contributed by atoms with van der Waals surface area (Å²) in [5.74, 6) is -0.580. The van der Waals surface area contributed by atoms with E-state index in [9.17, 15) is 14.0 Å². The van der Waals surface area contributed by atoms with Gasteiger partial charge in [0.2, 0.25) is 0 Å². The normalized spacial score (nSPS) is 11.1. The van der Waals surface area contributed by atoms with Gasteiger partial charge in [0.05, 0.1) is 31.0 Å². The first-order valence-corrected chi connectivity index (χ1v) is 7.66. The zero-order valence-electron chi connectivity index (χ0n) is 14.2. The topological polar surface area (TPSA) is 69.9 Å². The van der Waals surface area contributed by atoms with Crippen LogP contribution in [0.1, 0.15) is 29.8 Å². The lowest BCUT2D eigenvalue weighted by molar-refractivity contribution is 0.0873. The molecular formula is C18H19FN2O4. The third kappa shape index (κ3) is 5.00. The number of carbonyl (C=O) groups is 1. The molecule has 2 rings (SSSR count). The second-order valence-corrected chi connectivity index (χ2v) is 5.59. The summed E-state index contributed by atoms with van der Waals surface area (Å²) in [5.41, 5.74) is 0.171. The molecule has 0 spiro atoms. The number of Topliss-reactive ketones (excluding diaryl/α,β-unsaturated/α-hetero) is 1. The number of carbonyl (C=O) groups excluding carboxylic acids is 1. The number of aromatic nitrogens is 1. The zero-order valence-corrected chi connectivity index (χ0v) is 14.2. The van der Waals surface area contributed by atoms with Gasteiger partial charge in [0.15, 0.2) is 11.2 Å². The van der Waals surface area contributed by atoms with Crippen molar-refractivity contribution in [1.82, 2.24) is 4.57 Å². The summed E-state index contributed by atoms with van der Waals surface area (Å²) in [6.45, 7) is 3.54. The molecule has 1 aromatic carbocycles. The highest BCUT2D eigenvalue weighted by Crippen LogP contribution is 2.20. The molecule has 0 bridgehead atoms. The van der Waals surface area contributed by atoms with Crippen LogP contribution >= 0.6 is 0 Å². The molecule has 0 saturated carbocycles. The van der Waals surface area contributed by atoms with Crippen LogP contribution in [0.15, 0.2) is 46.6 Å². The summed E-state index contributed by atoms with van der Waals surface area (Å²) in [5, 5.41) is 3.73. The first-order valence-electron chi connectivity index (χ1n) is 7.66. The molecule has 0 fully saturated rings. The van der Waals surface area contributed by atoms with Crippen molar-refractivity contribution in [3.05, 3.63) is 63.8 Å². The van der Waals surface area contributed by atoms with E-state index in [1.165, 1.54) is 48.5 Å². The number of pyridine rings is 1. The summed E-state index contributed by atoms with van der Waals surface area (Å²) in [6, 6.07) is 5.07. The van der Waals surface area contributed by atoms with Crippen LogP contribution in [0.4, 0.5) is 4.39 Å². The van der Waals surface area contributed by atoms with E-state index < -0.39 is 5.82 Å². The average Bonchev–Trinajstić information content (AvgIpc) is 2.57. The van der Waals surface area contributed by atoms with Crippen LogP contribution in [0, 0.1) is 5.82 Å². The minimum absolute atomic E-state index is 0.0774. The highest BCUT2D eigenvalue weighted by molar-refractivity contribution is 5.98. The maximum Gasteiger partial charge on any atom is 0.190 e. The molecule has 25 heavy (non-hydrogen) atoms. The van der Waals surface area contributed by atoms with Gasteiger partial charge in [0, 0.05) is 18.5 Å². The minimum Gasteiger partial charge on any atom is -0.496 e. The molecule has 0 aliphatic carbocycles. The minimum atomic E-state index is -0.525. The Bertz CT molecular complexity index is 843. The number of ether oxygens (including phenoxy) is 1. The second kappa shape index (κ2) is 8.23. The average molecular weight is 346 g/mol. The third-order valence-electron chi connectivity index (χ3n) is 3.26. The lowest BCUT2D eigenvalue weighted by Crippen LogP contribution is -2.16. The molecule has 0 N–H and O–H groups in total. The maximum absolute atomic E-state index is 13.4. The molecule has 0 saturated heterocycles. The maximum atomic E-state index is 13.4. The molecule has 0 aliphatic heterocycles. The van der Waals surface area contributed by atoms with Crippen LogP contribution in [-0.2, 0) is 11.4 Å². The predicted octanol–water partition coefficient (Wildman–Crippen LogP) is 2.64. The first-order chi connectivity index (χ1) is 11.9. The smallest absolute Gasteiger partial charge is 0.190 e. The number of benzene rings is 1. The Morgan fingerprint density at radius 3 is 2.80 bits per heavy atom. The number of methoxy groups -OCH3 is 1. The van der Waals surface area contributed by atoms with Crippen LogP contribution in [-0.4, -0.2) is 29.8 Å². The van der Waals surface area contributed by atoms with Crippen molar-refractivity contribution in [3.8, 4) is 5.75 Å². The van der Waals surface area contributed by atoms with Crippen LogP contribution < -0.4 is 10.2 Å². The molecule has 132 valence electrons. The Balaban J connectivity index is 2.23. The van der Waals surface area contributed by atoms with Crippen molar-refractivity contribution in [3.63, 3.8) is 0 Å². The van der Waals surface area contributed by atoms with Crippen molar-refractivity contribution in [1.29, 1.82) is 0 Å². The molecule has 0 radical (unpaired) electrons. The van der Waals surface area contributed by atoms with Crippen molar-refractivity contribution in [2.75, 3.05) is 7.11 Å². The lowest BCUT2D eigenvalue weighted by Gasteiger charge is -2.10. The predicted molar refractivity (Wildman–Crippen MR) is 91.8 cm³/mol. The molecule has 2 aromatic rings. The summed E-state index contributed by atoms with van der Waals surface area (Å²) in [6.07, 6.45) is 4.15. The van der Waals surface area contributed by atoms with Crippen LogP contribution in [0.5, 0.6) is 5.75 Å². The molecule has 0 unspecified atom stereocenters. The van der Waals surface area contributed by atoms with E-state index in [1.54, 1.807) is 0 Å². The van der Waals surface area contributed by atoms with Gasteiger partial charge in [0.1, 0.15) is 17.7 Å². The Morgan fingerprint density at radius 2 is 2.12 bits per heavy atom. The van der Waals surface area contributed by atoms with E-state index in [-0.39, 0.29) is 35.0 Å². The fourth-order valence-electron chi connectivity index (χ4n) is 2.10. The summed E-state index contributed by atoms with van der Waals surface area (Å²) < 4.78 is 20.0. The van der Waals surface area contributed by atoms with Gasteiger partial charge in [-0.2, -0.15) is 0 Å². The molecule has 1 aromatic heterocycles. The van der Waals surface area contributed by atoms with Gasteiger partial charge in [-0.3, -0.25) is 9.59 Å². The highest BCUT2D eigenvalue weighted by Gasteiger charge is 2.14. The Morgan fingerprint density at radius 1 is 1.36 bits per heavy atom. The molecule has 6 nitrogen and oxygen atoms in total. The first kappa shape index (κ1) is 18.4. The Labute approximate surface area is 144 Å². The highest BCUT2D eigenvalue weighted by atomic mass is 19.1. The fraction of sp³-hybridized carbons (Fsp3) is 0.278. The quantitative estimate of drug-likeness (QED) is 0.439. The van der Waals surface area contributed by atoms with E-state index in [2.05, 4.69) is 5.16 Å². The Kier molecular flexibility index (Phi) is 6.05. The summed E-state index contributed by atoms with van der Waals surface area (Å²) >= 11 is 0. The van der Waals surface area contributed by atoms with Gasteiger partial charge in [0.25, 0.3) is 0 Å². The zero-order chi connectivity index (χ0) is 18.4. The lowest BCUT2D eigenvalue weighted by atomic mass is 10.1. The van der Waals surface area contributed by atoms with Crippen LogP contribution in [0.2, 0.25) is 0 Å². The van der Waals surface area contributed by atoms with Gasteiger partial charge in [-0.1, -0.05) is 5.16 Å². The number of oxime groups is 1. The van der Waals surface area contributed by atoms with Crippen molar-refractivity contribution >= 4 is 12.0 Å². The monoisotopic (exact) mass is 346 g/mol. The second-order valence-electron chi connectivity index (χ2n) is 5.59. The number of rotatable bonds is 7. The number of hydrogen-bond acceptors (Lipinski definition) is 5. The van der Waals surface area contributed by atoms with Gasteiger partial charge < -0.3 is 14.1 Å². The van der Waals surface area contributed by atoms with E-state index >= 15 is 0 Å². The number of ketones is 1. The van der Waals surface area contributed by atoms with Crippen molar-refractivity contribution in [2.24, 2.45) is 5.16 Å². The van der Waals surface area contributed by atoms with Gasteiger partial charge in [-0.25, -0.2) is 4.39 Å². The molecular weight excluding hydrogens is 327 g/mol. The van der Waals surface area contributed by atoms with Crippen molar-refractivity contribution in [2.45, 2.75) is 26.5 Å². The largest absolute Gasteiger partial charge is 0.496 e. The Hall–Kier alpha value is -2.96. The van der Waals surface area contributed by atoms with Crippen LogP contribution in [0.25, 0.3) is 0 Å². The van der Waals surface area contributed by atoms with Gasteiger partial charge in [-0.15, -0.1) is 0 Å². The van der Waals surface area contributed by atoms with E-state index in [0.717, 1.165) is 6.07 Å². The molecule has 7 heteroatoms. The standard InChI is InChI=1S/C18H19FN2O4/c1-12(2)25-20-9-13-10-21(7-6-16(13)22)11-17(23)15-8-14(19)4-5-18(15)24-3/h4-10,12H,11H2,1-3H3. The van der Waals surface area contributed by atoms with Gasteiger partial charge in [-0.05, 0) is 32.0 Å². The summed E-state index contributed by atoms with van der Waals surface area (Å²) in [4.78, 5) is 29.3. The molecule has 1 heterocycles. The number of hydrogen-bond donors (Lipinski definition) is 0. The van der Waals surface area contributed by atoms with Crippen LogP contribution in [0.3, 0.4) is 0 Å². The summed E-state index contributed by atoms with van der Waals surface area (Å²) in [7, 11) is 1.41.